The van der Waals surface area contributed by atoms with Crippen LogP contribution in [0.4, 0.5) is 0 Å². The van der Waals surface area contributed by atoms with Crippen LogP contribution in [0.3, 0.4) is 0 Å². The molecule has 0 unspecified atom stereocenters. The SMILES string of the molecule is Cc1c(C)c(C)c(CN2CC(=O)c3ccccc3C2=O)c(C)c1C. The van der Waals surface area contributed by atoms with Crippen molar-refractivity contribution >= 4 is 11.7 Å². The number of rotatable bonds is 2. The molecule has 0 atom stereocenters. The Bertz CT molecular complexity index is 835. The van der Waals surface area contributed by atoms with Crippen molar-refractivity contribution in [1.82, 2.24) is 4.90 Å². The topological polar surface area (TPSA) is 37.4 Å². The van der Waals surface area contributed by atoms with Crippen molar-refractivity contribution in [3.05, 3.63) is 68.8 Å². The number of ketones is 1. The van der Waals surface area contributed by atoms with E-state index in [9.17, 15) is 9.59 Å². The molecule has 24 heavy (non-hydrogen) atoms. The normalized spacial score (nSPS) is 14.1. The molecule has 1 aliphatic rings. The Kier molecular flexibility index (Phi) is 4.04. The van der Waals surface area contributed by atoms with Crippen LogP contribution in [0.2, 0.25) is 0 Å². The van der Waals surface area contributed by atoms with Gasteiger partial charge in [-0.2, -0.15) is 0 Å². The molecule has 0 aromatic heterocycles. The molecule has 0 spiro atoms. The molecule has 0 bridgehead atoms. The number of hydrogen-bond acceptors (Lipinski definition) is 2. The maximum Gasteiger partial charge on any atom is 0.255 e. The molecule has 0 fully saturated rings. The highest BCUT2D eigenvalue weighted by atomic mass is 16.2. The molecule has 0 saturated heterocycles. The Morgan fingerprint density at radius 2 is 1.29 bits per heavy atom. The van der Waals surface area contributed by atoms with E-state index in [1.54, 1.807) is 23.1 Å². The minimum absolute atomic E-state index is 0.0149. The lowest BCUT2D eigenvalue weighted by molar-refractivity contribution is 0.0668. The zero-order chi connectivity index (χ0) is 17.6. The third kappa shape index (κ3) is 2.44. The van der Waals surface area contributed by atoms with Crippen molar-refractivity contribution in [1.29, 1.82) is 0 Å². The number of hydrogen-bond donors (Lipinski definition) is 0. The summed E-state index contributed by atoms with van der Waals surface area (Å²) in [5.74, 6) is -0.0408. The second kappa shape index (κ2) is 5.90. The van der Waals surface area contributed by atoms with Crippen molar-refractivity contribution < 1.29 is 9.59 Å². The lowest BCUT2D eigenvalue weighted by Crippen LogP contribution is -2.41. The monoisotopic (exact) mass is 321 g/mol. The van der Waals surface area contributed by atoms with Gasteiger partial charge in [0.2, 0.25) is 0 Å². The summed E-state index contributed by atoms with van der Waals surface area (Å²) in [7, 11) is 0. The number of amides is 1. The summed E-state index contributed by atoms with van der Waals surface area (Å²) in [6, 6.07) is 7.10. The van der Waals surface area contributed by atoms with E-state index >= 15 is 0 Å². The first-order valence-electron chi connectivity index (χ1n) is 8.30. The lowest BCUT2D eigenvalue weighted by Gasteiger charge is -2.30. The summed E-state index contributed by atoms with van der Waals surface area (Å²) in [6.45, 7) is 11.2. The molecule has 3 nitrogen and oxygen atoms in total. The van der Waals surface area contributed by atoms with E-state index in [0.717, 1.165) is 5.56 Å². The molecule has 1 aliphatic heterocycles. The molecular formula is C21H23NO2. The molecule has 1 amide bonds. The number of nitrogens with zero attached hydrogens (tertiary/aromatic N) is 1. The molecule has 2 aromatic rings. The molecule has 0 radical (unpaired) electrons. The number of carbonyl (C=O) groups excluding carboxylic acids is 2. The molecule has 3 rings (SSSR count). The Hall–Kier alpha value is -2.42. The second-order valence-corrected chi connectivity index (χ2v) is 6.73. The highest BCUT2D eigenvalue weighted by molar-refractivity contribution is 6.13. The van der Waals surface area contributed by atoms with Crippen LogP contribution >= 0.6 is 0 Å². The number of Topliss-reactive ketones (excluding diaryl/α,β-unsaturated/α-hetero) is 1. The zero-order valence-electron chi connectivity index (χ0n) is 15.0. The van der Waals surface area contributed by atoms with Crippen molar-refractivity contribution in [3.63, 3.8) is 0 Å². The summed E-state index contributed by atoms with van der Waals surface area (Å²) in [5.41, 5.74) is 8.50. The quantitative estimate of drug-likeness (QED) is 0.836. The van der Waals surface area contributed by atoms with Gasteiger partial charge in [-0.3, -0.25) is 9.59 Å². The number of fused-ring (bicyclic) bond motifs is 1. The third-order valence-electron chi connectivity index (χ3n) is 5.58. The first-order chi connectivity index (χ1) is 11.3. The van der Waals surface area contributed by atoms with Gasteiger partial charge in [-0.15, -0.1) is 0 Å². The first-order valence-corrected chi connectivity index (χ1v) is 8.30. The second-order valence-electron chi connectivity index (χ2n) is 6.73. The highest BCUT2D eigenvalue weighted by Crippen LogP contribution is 2.28. The van der Waals surface area contributed by atoms with Crippen molar-refractivity contribution in [2.75, 3.05) is 6.54 Å². The Balaban J connectivity index is 2.02. The van der Waals surface area contributed by atoms with Gasteiger partial charge in [0.15, 0.2) is 5.78 Å². The summed E-state index contributed by atoms with van der Waals surface area (Å²) < 4.78 is 0. The molecule has 0 N–H and O–H groups in total. The van der Waals surface area contributed by atoms with Crippen LogP contribution in [0, 0.1) is 34.6 Å². The van der Waals surface area contributed by atoms with E-state index in [-0.39, 0.29) is 18.2 Å². The van der Waals surface area contributed by atoms with Crippen LogP contribution < -0.4 is 0 Å². The van der Waals surface area contributed by atoms with Crippen molar-refractivity contribution in [2.24, 2.45) is 0 Å². The number of carbonyl (C=O) groups is 2. The summed E-state index contributed by atoms with van der Waals surface area (Å²) in [5, 5.41) is 0. The van der Waals surface area contributed by atoms with Gasteiger partial charge in [0, 0.05) is 12.1 Å². The van der Waals surface area contributed by atoms with Gasteiger partial charge < -0.3 is 4.90 Å². The smallest absolute Gasteiger partial charge is 0.255 e. The summed E-state index contributed by atoms with van der Waals surface area (Å²) in [4.78, 5) is 26.9. The summed E-state index contributed by atoms with van der Waals surface area (Å²) >= 11 is 0. The van der Waals surface area contributed by atoms with Crippen molar-refractivity contribution in [2.45, 2.75) is 41.2 Å². The molecule has 1 heterocycles. The van der Waals surface area contributed by atoms with Crippen LogP contribution in [0.1, 0.15) is 54.1 Å². The fraction of sp³-hybridized carbons (Fsp3) is 0.333. The predicted molar refractivity (Wildman–Crippen MR) is 95.6 cm³/mol. The zero-order valence-corrected chi connectivity index (χ0v) is 15.0. The third-order valence-corrected chi connectivity index (χ3v) is 5.58. The van der Waals surface area contributed by atoms with Crippen LogP contribution in [0.25, 0.3) is 0 Å². The summed E-state index contributed by atoms with van der Waals surface area (Å²) in [6.07, 6.45) is 0. The van der Waals surface area contributed by atoms with E-state index in [0.29, 0.717) is 17.7 Å². The largest absolute Gasteiger partial charge is 0.327 e. The molecular weight excluding hydrogens is 298 g/mol. The van der Waals surface area contributed by atoms with Crippen LogP contribution in [-0.4, -0.2) is 23.1 Å². The van der Waals surface area contributed by atoms with Crippen molar-refractivity contribution in [3.8, 4) is 0 Å². The van der Waals surface area contributed by atoms with Gasteiger partial charge in [0.05, 0.1) is 12.1 Å². The van der Waals surface area contributed by atoms with E-state index in [2.05, 4.69) is 34.6 Å². The first kappa shape index (κ1) is 16.4. The predicted octanol–water partition coefficient (Wildman–Crippen LogP) is 4.07. The van der Waals surface area contributed by atoms with Gasteiger partial charge in [-0.05, 0) is 74.1 Å². The number of benzene rings is 2. The van der Waals surface area contributed by atoms with Gasteiger partial charge in [-0.1, -0.05) is 18.2 Å². The molecule has 2 aromatic carbocycles. The molecule has 0 saturated carbocycles. The maximum atomic E-state index is 12.8. The van der Waals surface area contributed by atoms with Gasteiger partial charge in [0.1, 0.15) is 0 Å². The van der Waals surface area contributed by atoms with E-state index in [1.807, 2.05) is 6.07 Å². The fourth-order valence-electron chi connectivity index (χ4n) is 3.55. The average Bonchev–Trinajstić information content (AvgIpc) is 2.59. The Labute approximate surface area is 143 Å². The van der Waals surface area contributed by atoms with E-state index in [4.69, 9.17) is 0 Å². The van der Waals surface area contributed by atoms with E-state index in [1.165, 1.54) is 27.8 Å². The Morgan fingerprint density at radius 3 is 1.88 bits per heavy atom. The molecule has 124 valence electrons. The van der Waals surface area contributed by atoms with Crippen LogP contribution in [-0.2, 0) is 6.54 Å². The minimum atomic E-state index is -0.0557. The molecule has 3 heteroatoms. The average molecular weight is 321 g/mol. The van der Waals surface area contributed by atoms with Gasteiger partial charge in [0.25, 0.3) is 5.91 Å². The minimum Gasteiger partial charge on any atom is -0.327 e. The highest BCUT2D eigenvalue weighted by Gasteiger charge is 2.30. The standard InChI is InChI=1S/C21H23NO2/c1-12-13(2)15(4)19(16(5)14(12)3)10-22-11-20(23)17-8-6-7-9-18(17)21(22)24/h6-9H,10-11H2,1-5H3. The Morgan fingerprint density at radius 1 is 0.792 bits per heavy atom. The van der Waals surface area contributed by atoms with Gasteiger partial charge in [-0.25, -0.2) is 0 Å². The lowest BCUT2D eigenvalue weighted by atomic mass is 9.88. The van der Waals surface area contributed by atoms with Crippen LogP contribution in [0.5, 0.6) is 0 Å². The molecule has 0 aliphatic carbocycles. The fourth-order valence-corrected chi connectivity index (χ4v) is 3.55. The van der Waals surface area contributed by atoms with Crippen LogP contribution in [0.15, 0.2) is 24.3 Å². The van der Waals surface area contributed by atoms with E-state index < -0.39 is 0 Å². The van der Waals surface area contributed by atoms with Gasteiger partial charge >= 0.3 is 0 Å². The maximum absolute atomic E-state index is 12.8.